The highest BCUT2D eigenvalue weighted by atomic mass is 19.1. The minimum atomic E-state index is -0.488. The van der Waals surface area contributed by atoms with Crippen molar-refractivity contribution in [1.82, 2.24) is 0 Å². The second-order valence-electron chi connectivity index (χ2n) is 4.20. The van der Waals surface area contributed by atoms with Crippen LogP contribution in [0, 0.1) is 5.82 Å². The van der Waals surface area contributed by atoms with Gasteiger partial charge in [0.15, 0.2) is 0 Å². The highest BCUT2D eigenvalue weighted by Crippen LogP contribution is 2.16. The predicted molar refractivity (Wildman–Crippen MR) is 70.0 cm³/mol. The van der Waals surface area contributed by atoms with Crippen LogP contribution in [0.2, 0.25) is 0 Å². The molecule has 0 aliphatic heterocycles. The molecule has 1 aromatic rings. The summed E-state index contributed by atoms with van der Waals surface area (Å²) in [5.41, 5.74) is 0.337. The largest absolute Gasteiger partial charge is 0.467 e. The molecule has 0 saturated heterocycles. The second-order valence-corrected chi connectivity index (χ2v) is 4.20. The molecule has 0 amide bonds. The van der Waals surface area contributed by atoms with E-state index in [4.69, 9.17) is 4.74 Å². The molecule has 0 saturated carbocycles. The Morgan fingerprint density at radius 3 is 2.72 bits per heavy atom. The molecule has 1 aromatic carbocycles. The Balaban J connectivity index is 2.66. The molecule has 0 bridgehead atoms. The Morgan fingerprint density at radius 2 is 2.11 bits per heavy atom. The van der Waals surface area contributed by atoms with Crippen molar-refractivity contribution in [2.24, 2.45) is 0 Å². The molecule has 4 heteroatoms. The number of carbonyl (C=O) groups is 1. The zero-order valence-electron chi connectivity index (χ0n) is 10.9. The molecule has 100 valence electrons. The number of nitrogens with one attached hydrogen (secondary N) is 1. The summed E-state index contributed by atoms with van der Waals surface area (Å²) in [6.45, 7) is 2.09. The summed E-state index contributed by atoms with van der Waals surface area (Å²) in [5, 5.41) is 2.91. The Morgan fingerprint density at radius 1 is 1.39 bits per heavy atom. The minimum absolute atomic E-state index is 0.337. The summed E-state index contributed by atoms with van der Waals surface area (Å²) in [6, 6.07) is 5.84. The van der Waals surface area contributed by atoms with Crippen molar-refractivity contribution in [3.05, 3.63) is 30.1 Å². The van der Waals surface area contributed by atoms with Crippen LogP contribution >= 0.6 is 0 Å². The van der Waals surface area contributed by atoms with E-state index < -0.39 is 6.04 Å². The van der Waals surface area contributed by atoms with Gasteiger partial charge in [0.05, 0.1) is 12.8 Å². The zero-order valence-corrected chi connectivity index (χ0v) is 10.9. The molecule has 3 nitrogen and oxygen atoms in total. The number of anilines is 1. The fraction of sp³-hybridized carbons (Fsp3) is 0.500. The van der Waals surface area contributed by atoms with Crippen molar-refractivity contribution >= 4 is 11.7 Å². The Bertz CT molecular complexity index is 382. The van der Waals surface area contributed by atoms with Gasteiger partial charge >= 0.3 is 5.97 Å². The number of unbranched alkanes of at least 4 members (excludes halogenated alkanes) is 2. The van der Waals surface area contributed by atoms with Gasteiger partial charge in [-0.1, -0.05) is 38.3 Å². The molecule has 0 aliphatic rings. The molecular formula is C14H20FNO2. The van der Waals surface area contributed by atoms with Gasteiger partial charge in [0.2, 0.25) is 0 Å². The molecule has 1 N–H and O–H groups in total. The van der Waals surface area contributed by atoms with Gasteiger partial charge in [-0.15, -0.1) is 0 Å². The van der Waals surface area contributed by atoms with E-state index in [2.05, 4.69) is 12.2 Å². The first-order chi connectivity index (χ1) is 8.69. The number of benzene rings is 1. The molecule has 0 heterocycles. The summed E-state index contributed by atoms with van der Waals surface area (Å²) < 4.78 is 18.2. The van der Waals surface area contributed by atoms with Gasteiger partial charge in [0, 0.05) is 0 Å². The maximum Gasteiger partial charge on any atom is 0.328 e. The SMILES string of the molecule is CCCCCC(Nc1ccccc1F)C(=O)OC. The first kappa shape index (κ1) is 14.5. The number of halogens is 1. The summed E-state index contributed by atoms with van der Waals surface area (Å²) in [5.74, 6) is -0.712. The first-order valence-corrected chi connectivity index (χ1v) is 6.28. The van der Waals surface area contributed by atoms with Crippen molar-refractivity contribution in [3.63, 3.8) is 0 Å². The van der Waals surface area contributed by atoms with Crippen molar-refractivity contribution < 1.29 is 13.9 Å². The van der Waals surface area contributed by atoms with E-state index in [1.54, 1.807) is 18.2 Å². The average Bonchev–Trinajstić information content (AvgIpc) is 2.39. The van der Waals surface area contributed by atoms with E-state index in [0.717, 1.165) is 19.3 Å². The van der Waals surface area contributed by atoms with Crippen LogP contribution in [-0.2, 0) is 9.53 Å². The third-order valence-corrected chi connectivity index (χ3v) is 2.79. The zero-order chi connectivity index (χ0) is 13.4. The fourth-order valence-corrected chi connectivity index (χ4v) is 1.76. The number of ether oxygens (including phenoxy) is 1. The van der Waals surface area contributed by atoms with Crippen LogP contribution in [0.4, 0.5) is 10.1 Å². The Kier molecular flexibility index (Phi) is 6.19. The molecule has 1 rings (SSSR count). The standard InChI is InChI=1S/C14H20FNO2/c1-3-4-5-10-13(14(17)18-2)16-12-9-7-6-8-11(12)15/h6-9,13,16H,3-5,10H2,1-2H3. The minimum Gasteiger partial charge on any atom is -0.467 e. The van der Waals surface area contributed by atoms with E-state index in [9.17, 15) is 9.18 Å². The summed E-state index contributed by atoms with van der Waals surface area (Å²) in [7, 11) is 1.35. The third kappa shape index (κ3) is 4.35. The molecule has 1 atom stereocenters. The molecule has 0 fully saturated rings. The maximum atomic E-state index is 13.5. The van der Waals surface area contributed by atoms with E-state index in [1.165, 1.54) is 13.2 Å². The lowest BCUT2D eigenvalue weighted by molar-refractivity contribution is -0.141. The lowest BCUT2D eigenvalue weighted by Gasteiger charge is -2.17. The van der Waals surface area contributed by atoms with Gasteiger partial charge in [-0.3, -0.25) is 0 Å². The summed E-state index contributed by atoms with van der Waals surface area (Å²) in [4.78, 5) is 11.6. The van der Waals surface area contributed by atoms with Gasteiger partial charge in [-0.25, -0.2) is 9.18 Å². The lowest BCUT2D eigenvalue weighted by Crippen LogP contribution is -2.31. The van der Waals surface area contributed by atoms with E-state index in [-0.39, 0.29) is 11.8 Å². The van der Waals surface area contributed by atoms with E-state index in [1.807, 2.05) is 0 Å². The monoisotopic (exact) mass is 253 g/mol. The highest BCUT2D eigenvalue weighted by Gasteiger charge is 2.19. The van der Waals surface area contributed by atoms with Crippen molar-refractivity contribution in [2.45, 2.75) is 38.6 Å². The van der Waals surface area contributed by atoms with Crippen LogP contribution in [0.15, 0.2) is 24.3 Å². The Hall–Kier alpha value is -1.58. The first-order valence-electron chi connectivity index (χ1n) is 6.28. The molecule has 18 heavy (non-hydrogen) atoms. The normalized spacial score (nSPS) is 11.9. The van der Waals surface area contributed by atoms with Gasteiger partial charge in [-0.05, 0) is 18.6 Å². The highest BCUT2D eigenvalue weighted by molar-refractivity contribution is 5.79. The number of esters is 1. The molecule has 0 radical (unpaired) electrons. The van der Waals surface area contributed by atoms with Gasteiger partial charge in [-0.2, -0.15) is 0 Å². The molecule has 0 aromatic heterocycles. The molecular weight excluding hydrogens is 233 g/mol. The second kappa shape index (κ2) is 7.69. The lowest BCUT2D eigenvalue weighted by atomic mass is 10.1. The number of methoxy groups -OCH3 is 1. The number of carbonyl (C=O) groups excluding carboxylic acids is 1. The van der Waals surface area contributed by atoms with Gasteiger partial charge < -0.3 is 10.1 Å². The van der Waals surface area contributed by atoms with Crippen LogP contribution < -0.4 is 5.32 Å². The van der Waals surface area contributed by atoms with Crippen molar-refractivity contribution in [2.75, 3.05) is 12.4 Å². The van der Waals surface area contributed by atoms with Crippen molar-refractivity contribution in [1.29, 1.82) is 0 Å². The average molecular weight is 253 g/mol. The van der Waals surface area contributed by atoms with Crippen molar-refractivity contribution in [3.8, 4) is 0 Å². The molecule has 0 aliphatic carbocycles. The van der Waals surface area contributed by atoms with Crippen LogP contribution in [0.3, 0.4) is 0 Å². The smallest absolute Gasteiger partial charge is 0.328 e. The molecule has 1 unspecified atom stereocenters. The van der Waals surface area contributed by atoms with Crippen LogP contribution in [-0.4, -0.2) is 19.1 Å². The maximum absolute atomic E-state index is 13.5. The van der Waals surface area contributed by atoms with E-state index in [0.29, 0.717) is 12.1 Å². The number of rotatable bonds is 7. The fourth-order valence-electron chi connectivity index (χ4n) is 1.76. The predicted octanol–water partition coefficient (Wildman–Crippen LogP) is 3.36. The summed E-state index contributed by atoms with van der Waals surface area (Å²) in [6.07, 6.45) is 3.69. The van der Waals surface area contributed by atoms with E-state index >= 15 is 0 Å². The quantitative estimate of drug-likeness (QED) is 0.598. The van der Waals surface area contributed by atoms with Crippen LogP contribution in [0.5, 0.6) is 0 Å². The van der Waals surface area contributed by atoms with Crippen LogP contribution in [0.25, 0.3) is 0 Å². The molecule has 0 spiro atoms. The number of hydrogen-bond donors (Lipinski definition) is 1. The summed E-state index contributed by atoms with van der Waals surface area (Å²) >= 11 is 0. The third-order valence-electron chi connectivity index (χ3n) is 2.79. The number of para-hydroxylation sites is 1. The number of hydrogen-bond acceptors (Lipinski definition) is 3. The Labute approximate surface area is 107 Å². The van der Waals surface area contributed by atoms with Crippen LogP contribution in [0.1, 0.15) is 32.6 Å². The van der Waals surface area contributed by atoms with Gasteiger partial charge in [0.25, 0.3) is 0 Å². The topological polar surface area (TPSA) is 38.3 Å². The van der Waals surface area contributed by atoms with Gasteiger partial charge in [0.1, 0.15) is 11.9 Å².